The van der Waals surface area contributed by atoms with Gasteiger partial charge in [-0.25, -0.2) is 0 Å². The van der Waals surface area contributed by atoms with E-state index in [-0.39, 0.29) is 11.8 Å². The first kappa shape index (κ1) is 10.8. The predicted molar refractivity (Wildman–Crippen MR) is 59.0 cm³/mol. The standard InChI is InChI=1S/C12H14N2O2/c1-16-9-5-4-8(6-13)10(12(9)15)11(14)7-2-3-7/h4-5,7,11,15H,2-3,14H2,1H3/t11-/m0/s1. The van der Waals surface area contributed by atoms with Crippen LogP contribution >= 0.6 is 0 Å². The van der Waals surface area contributed by atoms with Gasteiger partial charge in [0.05, 0.1) is 18.7 Å². The highest BCUT2D eigenvalue weighted by molar-refractivity contribution is 5.55. The largest absolute Gasteiger partial charge is 0.504 e. The highest BCUT2D eigenvalue weighted by atomic mass is 16.5. The summed E-state index contributed by atoms with van der Waals surface area (Å²) in [5.74, 6) is 0.746. The molecule has 16 heavy (non-hydrogen) atoms. The summed E-state index contributed by atoms with van der Waals surface area (Å²) in [7, 11) is 1.48. The van der Waals surface area contributed by atoms with Crippen molar-refractivity contribution in [3.8, 4) is 17.6 Å². The Morgan fingerprint density at radius 2 is 2.25 bits per heavy atom. The van der Waals surface area contributed by atoms with E-state index in [1.54, 1.807) is 12.1 Å². The number of rotatable bonds is 3. The summed E-state index contributed by atoms with van der Waals surface area (Å²) in [6, 6.07) is 5.00. The van der Waals surface area contributed by atoms with Crippen molar-refractivity contribution in [2.45, 2.75) is 18.9 Å². The number of hydrogen-bond donors (Lipinski definition) is 2. The molecule has 0 radical (unpaired) electrons. The topological polar surface area (TPSA) is 79.3 Å². The lowest BCUT2D eigenvalue weighted by molar-refractivity contribution is 0.367. The number of phenolic OH excluding ortho intramolecular Hbond substituents is 1. The average Bonchev–Trinajstić information content (AvgIpc) is 3.11. The Balaban J connectivity index is 2.50. The van der Waals surface area contributed by atoms with Crippen molar-refractivity contribution in [1.82, 2.24) is 0 Å². The molecule has 0 unspecified atom stereocenters. The van der Waals surface area contributed by atoms with Gasteiger partial charge in [-0.3, -0.25) is 0 Å². The second-order valence-corrected chi connectivity index (χ2v) is 4.05. The fraction of sp³-hybridized carbons (Fsp3) is 0.417. The van der Waals surface area contributed by atoms with Crippen LogP contribution in [0.4, 0.5) is 0 Å². The zero-order valence-electron chi connectivity index (χ0n) is 9.10. The van der Waals surface area contributed by atoms with Crippen LogP contribution in [0.3, 0.4) is 0 Å². The van der Waals surface area contributed by atoms with Gasteiger partial charge in [0.15, 0.2) is 11.5 Å². The van der Waals surface area contributed by atoms with E-state index in [2.05, 4.69) is 6.07 Å². The number of hydrogen-bond acceptors (Lipinski definition) is 4. The van der Waals surface area contributed by atoms with Crippen LogP contribution in [-0.4, -0.2) is 12.2 Å². The number of phenols is 1. The Hall–Kier alpha value is -1.73. The molecule has 1 aliphatic rings. The smallest absolute Gasteiger partial charge is 0.163 e. The Bertz CT molecular complexity index is 447. The molecular formula is C12H14N2O2. The summed E-state index contributed by atoms with van der Waals surface area (Å²) < 4.78 is 5.02. The zero-order valence-corrected chi connectivity index (χ0v) is 9.10. The second-order valence-electron chi connectivity index (χ2n) is 4.05. The summed E-state index contributed by atoms with van der Waals surface area (Å²) in [6.45, 7) is 0. The molecule has 0 aromatic heterocycles. The highest BCUT2D eigenvalue weighted by Crippen LogP contribution is 2.45. The van der Waals surface area contributed by atoms with Gasteiger partial charge in [-0.05, 0) is 30.9 Å². The molecule has 0 bridgehead atoms. The Labute approximate surface area is 94.3 Å². The lowest BCUT2D eigenvalue weighted by Crippen LogP contribution is -2.14. The Morgan fingerprint density at radius 1 is 1.56 bits per heavy atom. The molecular weight excluding hydrogens is 204 g/mol. The van der Waals surface area contributed by atoms with Crippen LogP contribution in [0.1, 0.15) is 30.0 Å². The third kappa shape index (κ3) is 1.70. The number of benzene rings is 1. The molecule has 1 fully saturated rings. The van der Waals surface area contributed by atoms with E-state index in [0.29, 0.717) is 22.8 Å². The first-order valence-corrected chi connectivity index (χ1v) is 5.24. The fourth-order valence-electron chi connectivity index (χ4n) is 1.88. The van der Waals surface area contributed by atoms with Crippen LogP contribution in [0.15, 0.2) is 12.1 Å². The van der Waals surface area contributed by atoms with Gasteiger partial charge in [-0.15, -0.1) is 0 Å². The minimum absolute atomic E-state index is 0.000880. The van der Waals surface area contributed by atoms with Gasteiger partial charge < -0.3 is 15.6 Å². The minimum Gasteiger partial charge on any atom is -0.504 e. The fourth-order valence-corrected chi connectivity index (χ4v) is 1.88. The van der Waals surface area contributed by atoms with Crippen LogP contribution in [0.2, 0.25) is 0 Å². The number of nitrogens with two attached hydrogens (primary N) is 1. The first-order chi connectivity index (χ1) is 7.69. The van der Waals surface area contributed by atoms with E-state index < -0.39 is 0 Å². The predicted octanol–water partition coefficient (Wildman–Crippen LogP) is 1.68. The summed E-state index contributed by atoms with van der Waals surface area (Å²) in [6.07, 6.45) is 2.12. The van der Waals surface area contributed by atoms with E-state index >= 15 is 0 Å². The summed E-state index contributed by atoms with van der Waals surface area (Å²) >= 11 is 0. The summed E-state index contributed by atoms with van der Waals surface area (Å²) in [5.41, 5.74) is 6.98. The molecule has 0 amide bonds. The van der Waals surface area contributed by atoms with Crippen LogP contribution in [0, 0.1) is 17.2 Å². The van der Waals surface area contributed by atoms with E-state index in [9.17, 15) is 5.11 Å². The molecule has 4 heteroatoms. The van der Waals surface area contributed by atoms with Gasteiger partial charge >= 0.3 is 0 Å². The SMILES string of the molecule is COc1ccc(C#N)c([C@@H](N)C2CC2)c1O. The molecule has 0 heterocycles. The number of ether oxygens (including phenoxy) is 1. The molecule has 4 nitrogen and oxygen atoms in total. The van der Waals surface area contributed by atoms with Crippen molar-refractivity contribution in [3.63, 3.8) is 0 Å². The van der Waals surface area contributed by atoms with Gasteiger partial charge in [-0.1, -0.05) is 0 Å². The van der Waals surface area contributed by atoms with E-state index in [1.165, 1.54) is 7.11 Å². The second kappa shape index (κ2) is 4.03. The third-order valence-corrected chi connectivity index (χ3v) is 2.98. The molecule has 1 aromatic carbocycles. The number of nitrogens with zero attached hydrogens (tertiary/aromatic N) is 1. The summed E-state index contributed by atoms with van der Waals surface area (Å²) in [4.78, 5) is 0. The maximum atomic E-state index is 9.99. The molecule has 0 aliphatic heterocycles. The van der Waals surface area contributed by atoms with Crippen molar-refractivity contribution in [3.05, 3.63) is 23.3 Å². The van der Waals surface area contributed by atoms with Gasteiger partial charge in [0.25, 0.3) is 0 Å². The van der Waals surface area contributed by atoms with Crippen molar-refractivity contribution >= 4 is 0 Å². The maximum absolute atomic E-state index is 9.99. The van der Waals surface area contributed by atoms with Gasteiger partial charge in [-0.2, -0.15) is 5.26 Å². The van der Waals surface area contributed by atoms with Crippen molar-refractivity contribution < 1.29 is 9.84 Å². The monoisotopic (exact) mass is 218 g/mol. The van der Waals surface area contributed by atoms with Crippen molar-refractivity contribution in [2.24, 2.45) is 11.7 Å². The lowest BCUT2D eigenvalue weighted by Gasteiger charge is -2.16. The quantitative estimate of drug-likeness (QED) is 0.809. The van der Waals surface area contributed by atoms with Gasteiger partial charge in [0.1, 0.15) is 0 Å². The maximum Gasteiger partial charge on any atom is 0.163 e. The average molecular weight is 218 g/mol. The van der Waals surface area contributed by atoms with Gasteiger partial charge in [0.2, 0.25) is 0 Å². The molecule has 2 rings (SSSR count). The van der Waals surface area contributed by atoms with Crippen molar-refractivity contribution in [1.29, 1.82) is 5.26 Å². The van der Waals surface area contributed by atoms with Crippen LogP contribution in [0.25, 0.3) is 0 Å². The molecule has 1 atom stereocenters. The lowest BCUT2D eigenvalue weighted by atomic mass is 9.96. The van der Waals surface area contributed by atoms with Crippen LogP contribution in [0.5, 0.6) is 11.5 Å². The number of aromatic hydroxyl groups is 1. The molecule has 3 N–H and O–H groups in total. The van der Waals surface area contributed by atoms with E-state index in [1.807, 2.05) is 0 Å². The zero-order chi connectivity index (χ0) is 11.7. The normalized spacial score (nSPS) is 16.6. The van der Waals surface area contributed by atoms with Crippen LogP contribution < -0.4 is 10.5 Å². The van der Waals surface area contributed by atoms with E-state index in [4.69, 9.17) is 15.7 Å². The number of nitriles is 1. The van der Waals surface area contributed by atoms with Crippen LogP contribution in [-0.2, 0) is 0 Å². The van der Waals surface area contributed by atoms with E-state index in [0.717, 1.165) is 12.8 Å². The molecule has 1 aliphatic carbocycles. The molecule has 84 valence electrons. The third-order valence-electron chi connectivity index (χ3n) is 2.98. The molecule has 0 saturated heterocycles. The Kier molecular flexibility index (Phi) is 2.71. The highest BCUT2D eigenvalue weighted by Gasteiger charge is 2.33. The van der Waals surface area contributed by atoms with Crippen molar-refractivity contribution in [2.75, 3.05) is 7.11 Å². The molecule has 1 saturated carbocycles. The van der Waals surface area contributed by atoms with Gasteiger partial charge in [0, 0.05) is 11.6 Å². The molecule has 0 spiro atoms. The summed E-state index contributed by atoms with van der Waals surface area (Å²) in [5, 5.41) is 19.0. The first-order valence-electron chi connectivity index (χ1n) is 5.24. The minimum atomic E-state index is -0.273. The molecule has 1 aromatic rings. The Morgan fingerprint density at radius 3 is 2.75 bits per heavy atom. The number of methoxy groups -OCH3 is 1.